The standard InChI is InChI=1S/C27H22N4O6/c1-35-26(33)22-21(16-8-4-3-5-9-16)19(15-28)24(29)31(23(22)27(34)36-2)18-11-6-10-17(14-18)30-25(32)20-12-7-13-37-20/h3-14,21H,29H2,1-2H3,(H,30,32). The highest BCUT2D eigenvalue weighted by molar-refractivity contribution is 6.07. The number of carbonyl (C=O) groups excluding carboxylic acids is 3. The fourth-order valence-electron chi connectivity index (χ4n) is 4.10. The van der Waals surface area contributed by atoms with Gasteiger partial charge in [0.15, 0.2) is 5.76 Å². The minimum absolute atomic E-state index is 0.0317. The van der Waals surface area contributed by atoms with Gasteiger partial charge in [-0.1, -0.05) is 36.4 Å². The van der Waals surface area contributed by atoms with Crippen molar-refractivity contribution in [2.75, 3.05) is 24.4 Å². The topological polar surface area (TPSA) is 148 Å². The number of ether oxygens (including phenoxy) is 2. The van der Waals surface area contributed by atoms with Crippen LogP contribution < -0.4 is 16.0 Å². The first-order chi connectivity index (χ1) is 17.9. The van der Waals surface area contributed by atoms with Crippen molar-refractivity contribution in [3.8, 4) is 6.07 Å². The quantitative estimate of drug-likeness (QED) is 0.488. The van der Waals surface area contributed by atoms with Crippen molar-refractivity contribution in [3.05, 3.63) is 107 Å². The summed E-state index contributed by atoms with van der Waals surface area (Å²) in [5, 5.41) is 12.8. The van der Waals surface area contributed by atoms with Crippen molar-refractivity contribution < 1.29 is 28.3 Å². The number of nitrogens with one attached hydrogen (secondary N) is 1. The lowest BCUT2D eigenvalue weighted by atomic mass is 9.81. The van der Waals surface area contributed by atoms with Gasteiger partial charge in [-0.3, -0.25) is 9.69 Å². The van der Waals surface area contributed by atoms with Crippen LogP contribution in [0.15, 0.2) is 100 Å². The summed E-state index contributed by atoms with van der Waals surface area (Å²) in [6, 6.07) is 20.2. The monoisotopic (exact) mass is 498 g/mol. The van der Waals surface area contributed by atoms with E-state index in [-0.39, 0.29) is 34.1 Å². The van der Waals surface area contributed by atoms with Crippen LogP contribution in [0.25, 0.3) is 0 Å². The molecule has 1 amide bonds. The lowest BCUT2D eigenvalue weighted by Gasteiger charge is -2.36. The number of nitrogens with zero attached hydrogens (tertiary/aromatic N) is 2. The minimum Gasteiger partial charge on any atom is -0.466 e. The highest BCUT2D eigenvalue weighted by Crippen LogP contribution is 2.43. The van der Waals surface area contributed by atoms with Crippen molar-refractivity contribution in [1.29, 1.82) is 5.26 Å². The zero-order chi connectivity index (χ0) is 26.5. The molecule has 0 fully saturated rings. The van der Waals surface area contributed by atoms with Crippen LogP contribution in [0.2, 0.25) is 0 Å². The van der Waals surface area contributed by atoms with Crippen LogP contribution in [0, 0.1) is 11.3 Å². The number of hydrogen-bond acceptors (Lipinski definition) is 9. The van der Waals surface area contributed by atoms with Gasteiger partial charge in [0, 0.05) is 11.4 Å². The van der Waals surface area contributed by atoms with Gasteiger partial charge in [0.2, 0.25) is 0 Å². The van der Waals surface area contributed by atoms with Gasteiger partial charge in [-0.15, -0.1) is 0 Å². The average molecular weight is 498 g/mol. The van der Waals surface area contributed by atoms with E-state index in [2.05, 4.69) is 11.4 Å². The predicted octanol–water partition coefficient (Wildman–Crippen LogP) is 3.43. The Morgan fingerprint density at radius 3 is 2.35 bits per heavy atom. The molecule has 10 nitrogen and oxygen atoms in total. The molecule has 10 heteroatoms. The summed E-state index contributed by atoms with van der Waals surface area (Å²) < 4.78 is 15.2. The number of carbonyl (C=O) groups is 3. The van der Waals surface area contributed by atoms with Crippen molar-refractivity contribution in [2.24, 2.45) is 5.73 Å². The number of nitriles is 1. The summed E-state index contributed by atoms with van der Waals surface area (Å²) in [6.07, 6.45) is 1.37. The maximum atomic E-state index is 13.1. The highest BCUT2D eigenvalue weighted by atomic mass is 16.5. The van der Waals surface area contributed by atoms with Crippen molar-refractivity contribution >= 4 is 29.2 Å². The van der Waals surface area contributed by atoms with Crippen molar-refractivity contribution in [2.45, 2.75) is 5.92 Å². The first kappa shape index (κ1) is 24.8. The van der Waals surface area contributed by atoms with Gasteiger partial charge in [-0.2, -0.15) is 5.26 Å². The maximum absolute atomic E-state index is 13.1. The van der Waals surface area contributed by atoms with E-state index < -0.39 is 23.8 Å². The molecule has 1 unspecified atom stereocenters. The molecular formula is C27H22N4O6. The lowest BCUT2D eigenvalue weighted by Crippen LogP contribution is -2.40. The van der Waals surface area contributed by atoms with E-state index in [4.69, 9.17) is 19.6 Å². The molecule has 0 aliphatic carbocycles. The van der Waals surface area contributed by atoms with Crippen LogP contribution >= 0.6 is 0 Å². The molecule has 0 spiro atoms. The Balaban J connectivity index is 1.91. The number of anilines is 2. The third-order valence-corrected chi connectivity index (χ3v) is 5.72. The molecule has 0 saturated heterocycles. The molecule has 2 heterocycles. The first-order valence-electron chi connectivity index (χ1n) is 11.0. The second-order valence-corrected chi connectivity index (χ2v) is 7.82. The molecular weight excluding hydrogens is 476 g/mol. The number of nitrogens with two attached hydrogens (primary N) is 1. The van der Waals surface area contributed by atoms with Gasteiger partial charge in [-0.05, 0) is 35.9 Å². The maximum Gasteiger partial charge on any atom is 0.355 e. The first-order valence-corrected chi connectivity index (χ1v) is 11.0. The molecule has 0 saturated carbocycles. The van der Waals surface area contributed by atoms with Crippen LogP contribution in [0.5, 0.6) is 0 Å². The van der Waals surface area contributed by atoms with E-state index in [0.29, 0.717) is 11.3 Å². The average Bonchev–Trinajstić information content (AvgIpc) is 3.47. The van der Waals surface area contributed by atoms with Gasteiger partial charge >= 0.3 is 11.9 Å². The fraction of sp³-hybridized carbons (Fsp3) is 0.111. The molecule has 4 rings (SSSR count). The van der Waals surface area contributed by atoms with E-state index in [0.717, 1.165) is 0 Å². The van der Waals surface area contributed by atoms with Crippen molar-refractivity contribution in [3.63, 3.8) is 0 Å². The summed E-state index contributed by atoms with van der Waals surface area (Å²) in [7, 11) is 2.34. The second kappa shape index (κ2) is 10.5. The second-order valence-electron chi connectivity index (χ2n) is 7.82. The molecule has 0 bridgehead atoms. The smallest absolute Gasteiger partial charge is 0.355 e. The molecule has 0 radical (unpaired) electrons. The van der Waals surface area contributed by atoms with Gasteiger partial charge in [0.25, 0.3) is 5.91 Å². The molecule has 37 heavy (non-hydrogen) atoms. The van der Waals surface area contributed by atoms with Gasteiger partial charge < -0.3 is 24.9 Å². The number of esters is 2. The number of allylic oxidation sites excluding steroid dienone is 1. The number of amides is 1. The molecule has 186 valence electrons. The number of hydrogen-bond donors (Lipinski definition) is 2. The molecule has 1 aliphatic rings. The summed E-state index contributed by atoms with van der Waals surface area (Å²) in [5.74, 6) is -3.16. The Bertz CT molecular complexity index is 1450. The zero-order valence-corrected chi connectivity index (χ0v) is 19.9. The van der Waals surface area contributed by atoms with Gasteiger partial charge in [0.05, 0.1) is 43.6 Å². The van der Waals surface area contributed by atoms with Crippen LogP contribution in [0.3, 0.4) is 0 Å². The largest absolute Gasteiger partial charge is 0.466 e. The molecule has 1 aromatic heterocycles. The number of methoxy groups -OCH3 is 2. The van der Waals surface area contributed by atoms with Crippen LogP contribution in [-0.4, -0.2) is 32.1 Å². The Hall–Kier alpha value is -5.30. The van der Waals surface area contributed by atoms with E-state index in [1.54, 1.807) is 54.6 Å². The Morgan fingerprint density at radius 2 is 1.73 bits per heavy atom. The Morgan fingerprint density at radius 1 is 1.00 bits per heavy atom. The van der Waals surface area contributed by atoms with E-state index in [1.807, 2.05) is 0 Å². The van der Waals surface area contributed by atoms with E-state index >= 15 is 0 Å². The molecule has 3 aromatic rings. The van der Waals surface area contributed by atoms with E-state index in [9.17, 15) is 19.6 Å². The highest BCUT2D eigenvalue weighted by Gasteiger charge is 2.43. The molecule has 1 aliphatic heterocycles. The van der Waals surface area contributed by atoms with Gasteiger partial charge in [0.1, 0.15) is 11.5 Å². The Kier molecular flexibility index (Phi) is 7.06. The summed E-state index contributed by atoms with van der Waals surface area (Å²) in [6.45, 7) is 0. The van der Waals surface area contributed by atoms with Crippen LogP contribution in [-0.2, 0) is 19.1 Å². The van der Waals surface area contributed by atoms with E-state index in [1.165, 1.54) is 37.5 Å². The predicted molar refractivity (Wildman–Crippen MR) is 133 cm³/mol. The zero-order valence-electron chi connectivity index (χ0n) is 19.9. The summed E-state index contributed by atoms with van der Waals surface area (Å²) in [4.78, 5) is 40.0. The third kappa shape index (κ3) is 4.66. The third-order valence-electron chi connectivity index (χ3n) is 5.72. The normalized spacial score (nSPS) is 15.2. The molecule has 3 N–H and O–H groups in total. The summed E-state index contributed by atoms with van der Waals surface area (Å²) >= 11 is 0. The molecule has 2 aromatic carbocycles. The van der Waals surface area contributed by atoms with Gasteiger partial charge in [-0.25, -0.2) is 9.59 Å². The number of rotatable bonds is 6. The molecule has 1 atom stereocenters. The fourth-order valence-corrected chi connectivity index (χ4v) is 4.10. The SMILES string of the molecule is COC(=O)C1=C(C(=O)OC)N(c2cccc(NC(=O)c3ccco3)c2)C(N)=C(C#N)C1c1ccccc1. The van der Waals surface area contributed by atoms with Crippen LogP contribution in [0.4, 0.5) is 11.4 Å². The minimum atomic E-state index is -0.981. The lowest BCUT2D eigenvalue weighted by molar-refractivity contribution is -0.139. The van der Waals surface area contributed by atoms with Crippen molar-refractivity contribution in [1.82, 2.24) is 0 Å². The summed E-state index contributed by atoms with van der Waals surface area (Å²) in [5.41, 5.74) is 7.39. The Labute approximate surface area is 212 Å². The number of benzene rings is 2. The van der Waals surface area contributed by atoms with Crippen LogP contribution in [0.1, 0.15) is 22.0 Å². The number of furan rings is 1.